The average molecular weight is 223 g/mol. The first-order valence-corrected chi connectivity index (χ1v) is 5.81. The third-order valence-electron chi connectivity index (χ3n) is 2.79. The number of aromatic nitrogens is 3. The van der Waals surface area contributed by atoms with Gasteiger partial charge in [0.05, 0.1) is 18.8 Å². The van der Waals surface area contributed by atoms with Crippen molar-refractivity contribution in [2.24, 2.45) is 0 Å². The maximum absolute atomic E-state index is 9.27. The predicted octanol–water partition coefficient (Wildman–Crippen LogP) is 2.25. The minimum atomic E-state index is -0.0397. The van der Waals surface area contributed by atoms with E-state index in [2.05, 4.69) is 30.7 Å². The molecule has 0 aliphatic rings. The fourth-order valence-corrected chi connectivity index (χ4v) is 1.96. The molecule has 0 bridgehead atoms. The zero-order chi connectivity index (χ0) is 12.1. The number of nitrogens with zero attached hydrogens (tertiary/aromatic N) is 3. The second-order valence-corrected chi connectivity index (χ2v) is 4.21. The predicted molar refractivity (Wildman–Crippen MR) is 64.1 cm³/mol. The molecule has 0 atom stereocenters. The summed E-state index contributed by atoms with van der Waals surface area (Å²) in [6, 6.07) is 0. The third kappa shape index (κ3) is 2.70. The normalized spacial score (nSPS) is 11.1. The largest absolute Gasteiger partial charge is 0.390 e. The molecule has 0 amide bonds. The highest BCUT2D eigenvalue weighted by atomic mass is 16.3. The van der Waals surface area contributed by atoms with Crippen LogP contribution in [0.4, 0.5) is 0 Å². The molecule has 0 aromatic carbocycles. The van der Waals surface area contributed by atoms with Crippen molar-refractivity contribution in [3.05, 3.63) is 23.5 Å². The SMILES string of the molecule is C=C(C)Cn1nnc(CO)c1C(CC)CC. The molecule has 1 aromatic rings. The van der Waals surface area contributed by atoms with Gasteiger partial charge in [0, 0.05) is 5.92 Å². The van der Waals surface area contributed by atoms with E-state index in [1.54, 1.807) is 0 Å². The minimum absolute atomic E-state index is 0.0397. The molecule has 4 nitrogen and oxygen atoms in total. The van der Waals surface area contributed by atoms with Gasteiger partial charge < -0.3 is 5.11 Å². The van der Waals surface area contributed by atoms with E-state index >= 15 is 0 Å². The summed E-state index contributed by atoms with van der Waals surface area (Å²) in [6.07, 6.45) is 2.07. The lowest BCUT2D eigenvalue weighted by Crippen LogP contribution is -2.11. The van der Waals surface area contributed by atoms with Crippen LogP contribution in [-0.4, -0.2) is 20.1 Å². The highest BCUT2D eigenvalue weighted by molar-refractivity contribution is 5.15. The van der Waals surface area contributed by atoms with Crippen LogP contribution < -0.4 is 0 Å². The molecule has 0 radical (unpaired) electrons. The average Bonchev–Trinajstić information content (AvgIpc) is 2.63. The Morgan fingerprint density at radius 3 is 2.50 bits per heavy atom. The smallest absolute Gasteiger partial charge is 0.112 e. The van der Waals surface area contributed by atoms with Gasteiger partial charge in [0.1, 0.15) is 5.69 Å². The first-order valence-electron chi connectivity index (χ1n) is 5.81. The van der Waals surface area contributed by atoms with Gasteiger partial charge in [-0.15, -0.1) is 5.10 Å². The molecule has 1 aromatic heterocycles. The summed E-state index contributed by atoms with van der Waals surface area (Å²) in [4.78, 5) is 0. The van der Waals surface area contributed by atoms with Crippen LogP contribution in [0.1, 0.15) is 50.9 Å². The lowest BCUT2D eigenvalue weighted by molar-refractivity contribution is 0.274. The molecule has 0 fully saturated rings. The van der Waals surface area contributed by atoms with Gasteiger partial charge in [-0.2, -0.15) is 0 Å². The minimum Gasteiger partial charge on any atom is -0.390 e. The van der Waals surface area contributed by atoms with Gasteiger partial charge in [-0.25, -0.2) is 4.68 Å². The van der Waals surface area contributed by atoms with Crippen molar-refractivity contribution in [3.8, 4) is 0 Å². The topological polar surface area (TPSA) is 50.9 Å². The van der Waals surface area contributed by atoms with Crippen molar-refractivity contribution < 1.29 is 5.11 Å². The molecule has 0 saturated heterocycles. The standard InChI is InChI=1S/C12H21N3O/c1-5-10(6-2)12-11(8-16)13-14-15(12)7-9(3)4/h10,16H,3,5-8H2,1-2,4H3. The van der Waals surface area contributed by atoms with E-state index < -0.39 is 0 Å². The molecule has 0 spiro atoms. The third-order valence-corrected chi connectivity index (χ3v) is 2.79. The molecule has 0 aliphatic carbocycles. The van der Waals surface area contributed by atoms with Crippen molar-refractivity contribution in [3.63, 3.8) is 0 Å². The van der Waals surface area contributed by atoms with Crippen LogP contribution in [0.3, 0.4) is 0 Å². The van der Waals surface area contributed by atoms with Crippen molar-refractivity contribution >= 4 is 0 Å². The maximum atomic E-state index is 9.27. The van der Waals surface area contributed by atoms with Gasteiger partial charge in [-0.1, -0.05) is 31.2 Å². The molecular formula is C12H21N3O. The van der Waals surface area contributed by atoms with Crippen molar-refractivity contribution in [1.29, 1.82) is 0 Å². The Balaban J connectivity index is 3.08. The molecule has 1 heterocycles. The van der Waals surface area contributed by atoms with Gasteiger partial charge in [0.15, 0.2) is 0 Å². The van der Waals surface area contributed by atoms with Crippen LogP contribution >= 0.6 is 0 Å². The highest BCUT2D eigenvalue weighted by Gasteiger charge is 2.19. The van der Waals surface area contributed by atoms with Gasteiger partial charge in [-0.05, 0) is 19.8 Å². The van der Waals surface area contributed by atoms with Crippen LogP contribution in [0.2, 0.25) is 0 Å². The second-order valence-electron chi connectivity index (χ2n) is 4.21. The van der Waals surface area contributed by atoms with E-state index in [1.165, 1.54) is 0 Å². The number of hydrogen-bond acceptors (Lipinski definition) is 3. The summed E-state index contributed by atoms with van der Waals surface area (Å²) < 4.78 is 1.87. The first kappa shape index (κ1) is 12.9. The Bertz CT molecular complexity index is 353. The molecule has 0 aliphatic heterocycles. The van der Waals surface area contributed by atoms with Gasteiger partial charge in [0.25, 0.3) is 0 Å². The Morgan fingerprint density at radius 1 is 1.44 bits per heavy atom. The quantitative estimate of drug-likeness (QED) is 0.752. The molecular weight excluding hydrogens is 202 g/mol. The molecule has 0 unspecified atom stereocenters. The zero-order valence-electron chi connectivity index (χ0n) is 10.4. The number of allylic oxidation sites excluding steroid dienone is 1. The summed E-state index contributed by atoms with van der Waals surface area (Å²) in [7, 11) is 0. The van der Waals surface area contributed by atoms with E-state index in [-0.39, 0.29) is 6.61 Å². The maximum Gasteiger partial charge on any atom is 0.112 e. The Labute approximate surface area is 97.0 Å². The lowest BCUT2D eigenvalue weighted by atomic mass is 9.97. The van der Waals surface area contributed by atoms with Gasteiger partial charge in [-0.3, -0.25) is 0 Å². The highest BCUT2D eigenvalue weighted by Crippen LogP contribution is 2.25. The van der Waals surface area contributed by atoms with Crippen LogP contribution in [0.5, 0.6) is 0 Å². The van der Waals surface area contributed by atoms with Crippen LogP contribution in [0, 0.1) is 0 Å². The molecule has 4 heteroatoms. The second kappa shape index (κ2) is 5.80. The first-order chi connectivity index (χ1) is 7.63. The Morgan fingerprint density at radius 2 is 2.06 bits per heavy atom. The number of rotatable bonds is 6. The number of aliphatic hydroxyl groups excluding tert-OH is 1. The fourth-order valence-electron chi connectivity index (χ4n) is 1.96. The molecule has 0 saturated carbocycles. The summed E-state index contributed by atoms with van der Waals surface area (Å²) >= 11 is 0. The summed E-state index contributed by atoms with van der Waals surface area (Å²) in [6.45, 7) is 10.8. The van der Waals surface area contributed by atoms with Gasteiger partial charge >= 0.3 is 0 Å². The van der Waals surface area contributed by atoms with Crippen LogP contribution in [-0.2, 0) is 13.2 Å². The summed E-state index contributed by atoms with van der Waals surface area (Å²) in [5.74, 6) is 0.413. The summed E-state index contributed by atoms with van der Waals surface area (Å²) in [5.41, 5.74) is 2.81. The monoisotopic (exact) mass is 223 g/mol. The summed E-state index contributed by atoms with van der Waals surface area (Å²) in [5, 5.41) is 17.4. The van der Waals surface area contributed by atoms with E-state index in [9.17, 15) is 5.11 Å². The van der Waals surface area contributed by atoms with E-state index in [1.807, 2.05) is 11.6 Å². The number of aliphatic hydroxyl groups is 1. The van der Waals surface area contributed by atoms with E-state index in [0.29, 0.717) is 18.2 Å². The van der Waals surface area contributed by atoms with Crippen molar-refractivity contribution in [2.45, 2.75) is 52.7 Å². The lowest BCUT2D eigenvalue weighted by Gasteiger charge is -2.15. The zero-order valence-corrected chi connectivity index (χ0v) is 10.4. The molecule has 1 rings (SSSR count). The van der Waals surface area contributed by atoms with E-state index in [4.69, 9.17) is 0 Å². The van der Waals surface area contributed by atoms with Gasteiger partial charge in [0.2, 0.25) is 0 Å². The van der Waals surface area contributed by atoms with Crippen LogP contribution in [0.25, 0.3) is 0 Å². The van der Waals surface area contributed by atoms with Crippen LogP contribution in [0.15, 0.2) is 12.2 Å². The van der Waals surface area contributed by atoms with E-state index in [0.717, 1.165) is 24.1 Å². The molecule has 1 N–H and O–H groups in total. The number of hydrogen-bond donors (Lipinski definition) is 1. The van der Waals surface area contributed by atoms with Crippen molar-refractivity contribution in [2.75, 3.05) is 0 Å². The molecule has 90 valence electrons. The Kier molecular flexibility index (Phi) is 4.68. The Hall–Kier alpha value is -1.16. The molecule has 16 heavy (non-hydrogen) atoms. The van der Waals surface area contributed by atoms with Crippen molar-refractivity contribution in [1.82, 2.24) is 15.0 Å². The fraction of sp³-hybridized carbons (Fsp3) is 0.667.